The molecule has 2 aliphatic heterocycles. The summed E-state index contributed by atoms with van der Waals surface area (Å²) in [5.74, 6) is -1.03. The molecular formula is C23H34N2O4. The minimum atomic E-state index is -1.35. The van der Waals surface area contributed by atoms with Crippen LogP contribution in [0.4, 0.5) is 0 Å². The van der Waals surface area contributed by atoms with Gasteiger partial charge < -0.3 is 20.0 Å². The molecule has 1 amide bonds. The van der Waals surface area contributed by atoms with Crippen molar-refractivity contribution in [3.63, 3.8) is 0 Å². The number of aliphatic hydroxyl groups excluding tert-OH is 1. The maximum atomic E-state index is 12.8. The molecule has 160 valence electrons. The maximum Gasteiger partial charge on any atom is 0.314 e. The highest BCUT2D eigenvalue weighted by Crippen LogP contribution is 2.35. The van der Waals surface area contributed by atoms with E-state index in [-0.39, 0.29) is 18.9 Å². The van der Waals surface area contributed by atoms with E-state index in [2.05, 4.69) is 4.90 Å². The van der Waals surface area contributed by atoms with Crippen molar-refractivity contribution in [2.45, 2.75) is 57.5 Å². The Labute approximate surface area is 173 Å². The molecule has 1 aromatic carbocycles. The van der Waals surface area contributed by atoms with Crippen molar-refractivity contribution in [3.8, 4) is 0 Å². The van der Waals surface area contributed by atoms with Crippen LogP contribution in [-0.2, 0) is 16.0 Å². The summed E-state index contributed by atoms with van der Waals surface area (Å²) in [4.78, 5) is 29.1. The molecule has 2 fully saturated rings. The number of carbonyl (C=O) groups is 2. The van der Waals surface area contributed by atoms with E-state index in [9.17, 15) is 19.8 Å². The molecule has 6 heteroatoms. The first kappa shape index (κ1) is 21.8. The molecule has 0 bridgehead atoms. The van der Waals surface area contributed by atoms with E-state index in [1.54, 1.807) is 4.90 Å². The third kappa shape index (κ3) is 5.58. The number of hydrogen-bond acceptors (Lipinski definition) is 4. The standard InChI is InChI=1S/C23H34N2O4/c26-20-12-16-25(21(27)11-8-15-24-13-6-1-2-7-14-24)18-23(20,22(28)29)17-19-9-4-3-5-10-19/h3-5,9-10,20,26H,1-2,6-8,11-18H2,(H,28,29)/t20?,23-/m0/s1. The third-order valence-electron chi connectivity index (χ3n) is 6.49. The summed E-state index contributed by atoms with van der Waals surface area (Å²) < 4.78 is 0. The highest BCUT2D eigenvalue weighted by Gasteiger charge is 2.50. The minimum absolute atomic E-state index is 0.00501. The number of piperidine rings is 1. The second kappa shape index (κ2) is 10.2. The van der Waals surface area contributed by atoms with Crippen LogP contribution in [0.2, 0.25) is 0 Å². The summed E-state index contributed by atoms with van der Waals surface area (Å²) in [7, 11) is 0. The number of nitrogens with zero attached hydrogens (tertiary/aromatic N) is 2. The molecule has 6 nitrogen and oxygen atoms in total. The fraction of sp³-hybridized carbons (Fsp3) is 0.652. The van der Waals surface area contributed by atoms with Crippen molar-refractivity contribution in [2.75, 3.05) is 32.7 Å². The normalized spacial score (nSPS) is 26.1. The van der Waals surface area contributed by atoms with Crippen molar-refractivity contribution in [1.29, 1.82) is 0 Å². The Kier molecular flexibility index (Phi) is 7.67. The van der Waals surface area contributed by atoms with Gasteiger partial charge in [-0.05, 0) is 57.3 Å². The fourth-order valence-electron chi connectivity index (χ4n) is 4.68. The SMILES string of the molecule is O=C(CCCN1CCCCCC1)N1CCC(O)[C@@](Cc2ccccc2)(C(=O)O)C1. The van der Waals surface area contributed by atoms with Crippen molar-refractivity contribution in [3.05, 3.63) is 35.9 Å². The van der Waals surface area contributed by atoms with Gasteiger partial charge in [0.2, 0.25) is 5.91 Å². The number of rotatable bonds is 7. The molecule has 1 aromatic rings. The van der Waals surface area contributed by atoms with Crippen LogP contribution in [0, 0.1) is 5.41 Å². The predicted molar refractivity (Wildman–Crippen MR) is 112 cm³/mol. The monoisotopic (exact) mass is 402 g/mol. The van der Waals surface area contributed by atoms with Crippen LogP contribution in [0.5, 0.6) is 0 Å². The number of hydrogen-bond donors (Lipinski definition) is 2. The number of likely N-dealkylation sites (tertiary alicyclic amines) is 2. The summed E-state index contributed by atoms with van der Waals surface area (Å²) in [6, 6.07) is 9.37. The maximum absolute atomic E-state index is 12.8. The van der Waals surface area contributed by atoms with E-state index in [0.29, 0.717) is 19.4 Å². The lowest BCUT2D eigenvalue weighted by atomic mass is 9.72. The van der Waals surface area contributed by atoms with Crippen LogP contribution >= 0.6 is 0 Å². The molecule has 0 saturated carbocycles. The van der Waals surface area contributed by atoms with Crippen molar-refractivity contribution < 1.29 is 19.8 Å². The quantitative estimate of drug-likeness (QED) is 0.733. The molecule has 2 atom stereocenters. The number of carbonyl (C=O) groups excluding carboxylic acids is 1. The molecule has 0 aromatic heterocycles. The molecule has 0 aliphatic carbocycles. The van der Waals surface area contributed by atoms with E-state index >= 15 is 0 Å². The van der Waals surface area contributed by atoms with E-state index < -0.39 is 17.5 Å². The lowest BCUT2D eigenvalue weighted by molar-refractivity contribution is -0.165. The van der Waals surface area contributed by atoms with Crippen LogP contribution in [-0.4, -0.2) is 70.7 Å². The van der Waals surface area contributed by atoms with E-state index in [4.69, 9.17) is 0 Å². The number of amides is 1. The highest BCUT2D eigenvalue weighted by atomic mass is 16.4. The molecule has 2 aliphatic rings. The van der Waals surface area contributed by atoms with Gasteiger partial charge in [0.05, 0.1) is 6.10 Å². The Morgan fingerprint density at radius 2 is 1.72 bits per heavy atom. The topological polar surface area (TPSA) is 81.1 Å². The fourth-order valence-corrected chi connectivity index (χ4v) is 4.68. The molecule has 29 heavy (non-hydrogen) atoms. The van der Waals surface area contributed by atoms with Crippen LogP contribution in [0.1, 0.15) is 50.5 Å². The molecule has 3 rings (SSSR count). The van der Waals surface area contributed by atoms with Crippen molar-refractivity contribution in [2.24, 2.45) is 5.41 Å². The van der Waals surface area contributed by atoms with Gasteiger partial charge in [-0.15, -0.1) is 0 Å². The number of benzene rings is 1. The second-order valence-corrected chi connectivity index (χ2v) is 8.60. The Morgan fingerprint density at radius 3 is 2.38 bits per heavy atom. The van der Waals surface area contributed by atoms with Gasteiger partial charge in [0.1, 0.15) is 5.41 Å². The van der Waals surface area contributed by atoms with Crippen molar-refractivity contribution >= 4 is 11.9 Å². The molecule has 2 saturated heterocycles. The summed E-state index contributed by atoms with van der Waals surface area (Å²) in [6.07, 6.45) is 5.87. The molecule has 2 N–H and O–H groups in total. The lowest BCUT2D eigenvalue weighted by Crippen LogP contribution is -2.58. The summed E-state index contributed by atoms with van der Waals surface area (Å²) in [5.41, 5.74) is -0.482. The summed E-state index contributed by atoms with van der Waals surface area (Å²) in [6.45, 7) is 3.65. The number of carboxylic acids is 1. The molecule has 0 radical (unpaired) electrons. The van der Waals surface area contributed by atoms with Crippen LogP contribution in [0.3, 0.4) is 0 Å². The van der Waals surface area contributed by atoms with Gasteiger partial charge in [0.25, 0.3) is 0 Å². The zero-order valence-electron chi connectivity index (χ0n) is 17.3. The number of carboxylic acid groups (broad SMARTS) is 1. The van der Waals surface area contributed by atoms with E-state index in [0.717, 1.165) is 31.6 Å². The van der Waals surface area contributed by atoms with Crippen molar-refractivity contribution in [1.82, 2.24) is 9.80 Å². The zero-order valence-corrected chi connectivity index (χ0v) is 17.3. The molecule has 2 heterocycles. The average Bonchev–Trinajstić information content (AvgIpc) is 2.99. The van der Waals surface area contributed by atoms with Gasteiger partial charge in [-0.3, -0.25) is 9.59 Å². The summed E-state index contributed by atoms with van der Waals surface area (Å²) >= 11 is 0. The Balaban J connectivity index is 1.59. The van der Waals surface area contributed by atoms with Gasteiger partial charge in [-0.2, -0.15) is 0 Å². The smallest absolute Gasteiger partial charge is 0.314 e. The van der Waals surface area contributed by atoms with E-state index in [1.165, 1.54) is 25.7 Å². The third-order valence-corrected chi connectivity index (χ3v) is 6.49. The zero-order chi connectivity index (χ0) is 20.7. The van der Waals surface area contributed by atoms with Crippen LogP contribution < -0.4 is 0 Å². The second-order valence-electron chi connectivity index (χ2n) is 8.60. The Hall–Kier alpha value is -1.92. The Morgan fingerprint density at radius 1 is 1.03 bits per heavy atom. The molecule has 1 unspecified atom stereocenters. The van der Waals surface area contributed by atoms with Gasteiger partial charge in [0, 0.05) is 19.5 Å². The Bertz CT molecular complexity index is 673. The van der Waals surface area contributed by atoms with Gasteiger partial charge in [0.15, 0.2) is 0 Å². The highest BCUT2D eigenvalue weighted by molar-refractivity contribution is 5.80. The first-order valence-corrected chi connectivity index (χ1v) is 11.0. The average molecular weight is 403 g/mol. The lowest BCUT2D eigenvalue weighted by Gasteiger charge is -2.43. The molecule has 0 spiro atoms. The van der Waals surface area contributed by atoms with Crippen LogP contribution in [0.25, 0.3) is 0 Å². The summed E-state index contributed by atoms with van der Waals surface area (Å²) in [5, 5.41) is 20.6. The molecular weight excluding hydrogens is 368 g/mol. The van der Waals surface area contributed by atoms with Gasteiger partial charge in [-0.1, -0.05) is 43.2 Å². The number of aliphatic carboxylic acids is 1. The number of aliphatic hydroxyl groups is 1. The van der Waals surface area contributed by atoms with Gasteiger partial charge in [-0.25, -0.2) is 0 Å². The first-order chi connectivity index (χ1) is 14.0. The first-order valence-electron chi connectivity index (χ1n) is 11.0. The van der Waals surface area contributed by atoms with E-state index in [1.807, 2.05) is 30.3 Å². The predicted octanol–water partition coefficient (Wildman–Crippen LogP) is 2.55. The minimum Gasteiger partial charge on any atom is -0.481 e. The van der Waals surface area contributed by atoms with Gasteiger partial charge >= 0.3 is 5.97 Å². The van der Waals surface area contributed by atoms with Crippen LogP contribution in [0.15, 0.2) is 30.3 Å². The largest absolute Gasteiger partial charge is 0.481 e.